The van der Waals surface area contributed by atoms with Gasteiger partial charge in [0.15, 0.2) is 4.67 Å². The van der Waals surface area contributed by atoms with Crippen molar-refractivity contribution in [2.75, 3.05) is 0 Å². The van der Waals surface area contributed by atoms with Crippen molar-refractivity contribution in [2.24, 2.45) is 0 Å². The molecule has 44 valence electrons. The third-order valence-corrected chi connectivity index (χ3v) is 1.40. The summed E-state index contributed by atoms with van der Waals surface area (Å²) in [7, 11) is 0. The first-order valence-corrected chi connectivity index (χ1v) is 3.36. The molecule has 0 aliphatic carbocycles. The second kappa shape index (κ2) is 2.35. The molecular formula is C6H7BrO. The van der Waals surface area contributed by atoms with Gasteiger partial charge < -0.3 is 4.42 Å². The van der Waals surface area contributed by atoms with Gasteiger partial charge in [-0.05, 0) is 28.1 Å². The van der Waals surface area contributed by atoms with Crippen molar-refractivity contribution in [1.29, 1.82) is 0 Å². The number of hydrogen-bond acceptors (Lipinski definition) is 1. The van der Waals surface area contributed by atoms with E-state index in [9.17, 15) is 0 Å². The van der Waals surface area contributed by atoms with Crippen molar-refractivity contribution in [3.8, 4) is 0 Å². The second-order valence-electron chi connectivity index (χ2n) is 1.56. The van der Waals surface area contributed by atoms with Gasteiger partial charge in [-0.15, -0.1) is 0 Å². The van der Waals surface area contributed by atoms with Crippen LogP contribution in [-0.4, -0.2) is 0 Å². The quantitative estimate of drug-likeness (QED) is 0.639. The Morgan fingerprint density at radius 2 is 2.38 bits per heavy atom. The molecule has 1 nitrogen and oxygen atoms in total. The maximum absolute atomic E-state index is 5.15. The Morgan fingerprint density at radius 1 is 1.62 bits per heavy atom. The molecule has 1 aromatic rings. The number of aryl methyl sites for hydroxylation is 1. The van der Waals surface area contributed by atoms with Crippen LogP contribution in [-0.2, 0) is 6.42 Å². The van der Waals surface area contributed by atoms with E-state index in [1.165, 1.54) is 0 Å². The normalized spacial score (nSPS) is 9.75. The Hall–Kier alpha value is -0.240. The van der Waals surface area contributed by atoms with Crippen LogP contribution in [0.2, 0.25) is 0 Å². The Kier molecular flexibility index (Phi) is 1.73. The minimum Gasteiger partial charge on any atom is -0.454 e. The molecule has 0 saturated heterocycles. The lowest BCUT2D eigenvalue weighted by Gasteiger charge is -1.81. The van der Waals surface area contributed by atoms with Crippen molar-refractivity contribution >= 4 is 15.9 Å². The largest absolute Gasteiger partial charge is 0.454 e. The van der Waals surface area contributed by atoms with Crippen LogP contribution in [0.4, 0.5) is 0 Å². The van der Waals surface area contributed by atoms with Crippen LogP contribution in [0.1, 0.15) is 12.7 Å². The SMILES string of the molecule is CCc1ccc(Br)o1. The number of halogens is 1. The molecule has 8 heavy (non-hydrogen) atoms. The molecule has 1 aromatic heterocycles. The topological polar surface area (TPSA) is 13.1 Å². The molecule has 0 radical (unpaired) electrons. The van der Waals surface area contributed by atoms with Gasteiger partial charge in [-0.25, -0.2) is 0 Å². The standard InChI is InChI=1S/C6H7BrO/c1-2-5-3-4-6(7)8-5/h3-4H,2H2,1H3. The summed E-state index contributed by atoms with van der Waals surface area (Å²) in [5.41, 5.74) is 0. The maximum Gasteiger partial charge on any atom is 0.169 e. The summed E-state index contributed by atoms with van der Waals surface area (Å²) in [4.78, 5) is 0. The maximum atomic E-state index is 5.15. The lowest BCUT2D eigenvalue weighted by Crippen LogP contribution is -1.67. The van der Waals surface area contributed by atoms with Crippen molar-refractivity contribution < 1.29 is 4.42 Å². The molecule has 0 saturated carbocycles. The summed E-state index contributed by atoms with van der Waals surface area (Å²) in [6.45, 7) is 2.06. The minimum absolute atomic E-state index is 0.814. The highest BCUT2D eigenvalue weighted by Crippen LogP contribution is 2.13. The van der Waals surface area contributed by atoms with Gasteiger partial charge in [-0.2, -0.15) is 0 Å². The number of furan rings is 1. The van der Waals surface area contributed by atoms with Gasteiger partial charge in [-0.3, -0.25) is 0 Å². The number of rotatable bonds is 1. The first-order chi connectivity index (χ1) is 3.83. The Bertz CT molecular complexity index is 169. The smallest absolute Gasteiger partial charge is 0.169 e. The fourth-order valence-corrected chi connectivity index (χ4v) is 0.882. The average Bonchev–Trinajstić information content (AvgIpc) is 2.14. The molecule has 0 unspecified atom stereocenters. The van der Waals surface area contributed by atoms with E-state index in [0.717, 1.165) is 16.9 Å². The van der Waals surface area contributed by atoms with E-state index < -0.39 is 0 Å². The van der Waals surface area contributed by atoms with Crippen molar-refractivity contribution in [2.45, 2.75) is 13.3 Å². The van der Waals surface area contributed by atoms with E-state index >= 15 is 0 Å². The van der Waals surface area contributed by atoms with E-state index in [1.54, 1.807) is 0 Å². The van der Waals surface area contributed by atoms with Gasteiger partial charge in [-0.1, -0.05) is 6.92 Å². The van der Waals surface area contributed by atoms with Crippen LogP contribution < -0.4 is 0 Å². The van der Waals surface area contributed by atoms with E-state index in [4.69, 9.17) is 4.42 Å². The molecule has 0 spiro atoms. The summed E-state index contributed by atoms with van der Waals surface area (Å²) in [5, 5.41) is 0. The molecule has 0 aliphatic rings. The fraction of sp³-hybridized carbons (Fsp3) is 0.333. The predicted octanol–water partition coefficient (Wildman–Crippen LogP) is 2.60. The molecule has 0 amide bonds. The number of hydrogen-bond donors (Lipinski definition) is 0. The zero-order chi connectivity index (χ0) is 5.98. The first-order valence-electron chi connectivity index (χ1n) is 2.57. The lowest BCUT2D eigenvalue weighted by atomic mass is 10.4. The summed E-state index contributed by atoms with van der Waals surface area (Å²) < 4.78 is 5.96. The molecular weight excluding hydrogens is 168 g/mol. The summed E-state index contributed by atoms with van der Waals surface area (Å²) in [6.07, 6.45) is 0.964. The van der Waals surface area contributed by atoms with E-state index in [-0.39, 0.29) is 0 Å². The van der Waals surface area contributed by atoms with Gasteiger partial charge >= 0.3 is 0 Å². The molecule has 1 heterocycles. The Balaban J connectivity index is 2.84. The molecule has 1 rings (SSSR count). The highest BCUT2D eigenvalue weighted by Gasteiger charge is 1.92. The van der Waals surface area contributed by atoms with Crippen LogP contribution in [0.15, 0.2) is 21.2 Å². The third-order valence-electron chi connectivity index (χ3n) is 0.977. The van der Waals surface area contributed by atoms with Gasteiger partial charge in [0.2, 0.25) is 0 Å². The summed E-state index contributed by atoms with van der Waals surface area (Å²) in [6, 6.07) is 3.86. The van der Waals surface area contributed by atoms with Crippen molar-refractivity contribution in [3.63, 3.8) is 0 Å². The predicted molar refractivity (Wildman–Crippen MR) is 35.8 cm³/mol. The van der Waals surface area contributed by atoms with Crippen LogP contribution in [0.3, 0.4) is 0 Å². The lowest BCUT2D eigenvalue weighted by molar-refractivity contribution is 0.494. The Morgan fingerprint density at radius 3 is 2.62 bits per heavy atom. The van der Waals surface area contributed by atoms with E-state index in [2.05, 4.69) is 22.9 Å². The van der Waals surface area contributed by atoms with Crippen LogP contribution in [0.5, 0.6) is 0 Å². The van der Waals surface area contributed by atoms with E-state index in [1.807, 2.05) is 12.1 Å². The molecule has 0 bridgehead atoms. The monoisotopic (exact) mass is 174 g/mol. The van der Waals surface area contributed by atoms with Crippen LogP contribution >= 0.6 is 15.9 Å². The molecule has 2 heteroatoms. The van der Waals surface area contributed by atoms with Crippen molar-refractivity contribution in [3.05, 3.63) is 22.6 Å². The van der Waals surface area contributed by atoms with Crippen LogP contribution in [0, 0.1) is 0 Å². The van der Waals surface area contributed by atoms with Gasteiger partial charge in [0.1, 0.15) is 5.76 Å². The van der Waals surface area contributed by atoms with Gasteiger partial charge in [0.05, 0.1) is 0 Å². The van der Waals surface area contributed by atoms with E-state index in [0.29, 0.717) is 0 Å². The minimum atomic E-state index is 0.814. The van der Waals surface area contributed by atoms with Crippen molar-refractivity contribution in [1.82, 2.24) is 0 Å². The van der Waals surface area contributed by atoms with Gasteiger partial charge in [0, 0.05) is 6.42 Å². The molecule has 0 aliphatic heterocycles. The molecule has 0 aromatic carbocycles. The third kappa shape index (κ3) is 1.13. The Labute approximate surface area is 56.8 Å². The highest BCUT2D eigenvalue weighted by molar-refractivity contribution is 9.10. The molecule has 0 N–H and O–H groups in total. The average molecular weight is 175 g/mol. The second-order valence-corrected chi connectivity index (χ2v) is 2.34. The summed E-state index contributed by atoms with van der Waals surface area (Å²) >= 11 is 3.21. The van der Waals surface area contributed by atoms with Gasteiger partial charge in [0.25, 0.3) is 0 Å². The highest BCUT2D eigenvalue weighted by atomic mass is 79.9. The fourth-order valence-electron chi connectivity index (χ4n) is 0.542. The molecule has 0 fully saturated rings. The van der Waals surface area contributed by atoms with Crippen LogP contribution in [0.25, 0.3) is 0 Å². The summed E-state index contributed by atoms with van der Waals surface area (Å²) in [5.74, 6) is 1.02. The molecule has 0 atom stereocenters. The zero-order valence-corrected chi connectivity index (χ0v) is 6.23. The first kappa shape index (κ1) is 5.89. The zero-order valence-electron chi connectivity index (χ0n) is 4.65.